The summed E-state index contributed by atoms with van der Waals surface area (Å²) in [7, 11) is 0. The number of unbranched alkanes of at least 4 members (excludes halogenated alkanes) is 2. The molecule has 1 N–H and O–H groups in total. The third kappa shape index (κ3) is 6.05. The zero-order valence-corrected chi connectivity index (χ0v) is 12.6. The summed E-state index contributed by atoms with van der Waals surface area (Å²) >= 11 is 0. The van der Waals surface area contributed by atoms with Gasteiger partial charge in [0, 0.05) is 13.1 Å². The number of anilines is 1. The van der Waals surface area contributed by atoms with Crippen LogP contribution in [0.3, 0.4) is 0 Å². The van der Waals surface area contributed by atoms with Crippen LogP contribution >= 0.6 is 0 Å². The molecule has 5 nitrogen and oxygen atoms in total. The van der Waals surface area contributed by atoms with E-state index in [4.69, 9.17) is 4.42 Å². The van der Waals surface area contributed by atoms with Crippen molar-refractivity contribution in [2.24, 2.45) is 0 Å². The van der Waals surface area contributed by atoms with E-state index in [1.54, 1.807) is 0 Å². The Morgan fingerprint density at radius 2 is 1.68 bits per heavy atom. The highest BCUT2D eigenvalue weighted by Crippen LogP contribution is 2.14. The average Bonchev–Trinajstić information content (AvgIpc) is 2.88. The van der Waals surface area contributed by atoms with Gasteiger partial charge in [0.15, 0.2) is 0 Å². The average molecular weight is 268 g/mol. The van der Waals surface area contributed by atoms with E-state index in [0.29, 0.717) is 18.5 Å². The van der Waals surface area contributed by atoms with Crippen LogP contribution in [0.1, 0.15) is 58.8 Å². The fourth-order valence-electron chi connectivity index (χ4n) is 1.82. The Balaban J connectivity index is 2.51. The van der Waals surface area contributed by atoms with E-state index in [1.807, 2.05) is 0 Å². The predicted molar refractivity (Wildman–Crippen MR) is 78.3 cm³/mol. The molecule has 1 rings (SSSR count). The van der Waals surface area contributed by atoms with Gasteiger partial charge in [-0.05, 0) is 25.8 Å². The van der Waals surface area contributed by atoms with Gasteiger partial charge in [0.2, 0.25) is 5.89 Å². The van der Waals surface area contributed by atoms with E-state index in [-0.39, 0.29) is 0 Å². The molecule has 0 radical (unpaired) electrons. The summed E-state index contributed by atoms with van der Waals surface area (Å²) in [4.78, 5) is 2.21. The maximum Gasteiger partial charge on any atom is 0.318 e. The molecule has 0 saturated heterocycles. The fraction of sp³-hybridized carbons (Fsp3) is 0.857. The van der Waals surface area contributed by atoms with Crippen LogP contribution in [0, 0.1) is 0 Å². The second kappa shape index (κ2) is 9.78. The largest absolute Gasteiger partial charge is 0.407 e. The molecule has 0 amide bonds. The minimum Gasteiger partial charge on any atom is -0.407 e. The Bertz CT molecular complexity index is 319. The van der Waals surface area contributed by atoms with Gasteiger partial charge in [-0.3, -0.25) is 0 Å². The molecule has 0 bridgehead atoms. The van der Waals surface area contributed by atoms with E-state index >= 15 is 0 Å². The van der Waals surface area contributed by atoms with Crippen molar-refractivity contribution < 1.29 is 4.42 Å². The third-order valence-corrected chi connectivity index (χ3v) is 2.99. The number of hydrogen-bond acceptors (Lipinski definition) is 5. The summed E-state index contributed by atoms with van der Waals surface area (Å²) in [6, 6.07) is 0.676. The second-order valence-electron chi connectivity index (χ2n) is 4.85. The number of rotatable bonds is 11. The highest BCUT2D eigenvalue weighted by molar-refractivity contribution is 5.23. The molecular formula is C14H28N4O. The number of nitrogens with zero attached hydrogens (tertiary/aromatic N) is 3. The Morgan fingerprint density at radius 1 is 1.00 bits per heavy atom. The molecular weight excluding hydrogens is 240 g/mol. The molecule has 110 valence electrons. The second-order valence-corrected chi connectivity index (χ2v) is 4.85. The SMILES string of the molecule is CCCCN(CCCC)c1nnc(CNCCC)o1. The van der Waals surface area contributed by atoms with E-state index in [9.17, 15) is 0 Å². The Hall–Kier alpha value is -1.10. The van der Waals surface area contributed by atoms with Crippen LogP contribution < -0.4 is 10.2 Å². The monoisotopic (exact) mass is 268 g/mol. The van der Waals surface area contributed by atoms with Gasteiger partial charge in [0.1, 0.15) is 0 Å². The van der Waals surface area contributed by atoms with Crippen molar-refractivity contribution >= 4 is 6.01 Å². The zero-order valence-electron chi connectivity index (χ0n) is 12.6. The molecule has 0 aliphatic carbocycles. The normalized spacial score (nSPS) is 10.9. The maximum absolute atomic E-state index is 5.73. The first-order valence-electron chi connectivity index (χ1n) is 7.59. The fourth-order valence-corrected chi connectivity index (χ4v) is 1.82. The van der Waals surface area contributed by atoms with Crippen molar-refractivity contribution in [3.63, 3.8) is 0 Å². The maximum atomic E-state index is 5.73. The Labute approximate surface area is 116 Å². The molecule has 0 aliphatic heterocycles. The molecule has 0 unspecified atom stereocenters. The molecule has 1 aromatic heterocycles. The zero-order chi connectivity index (χ0) is 13.9. The summed E-state index contributed by atoms with van der Waals surface area (Å²) in [6.07, 6.45) is 5.80. The van der Waals surface area contributed by atoms with Crippen LogP contribution in [-0.4, -0.2) is 29.8 Å². The highest BCUT2D eigenvalue weighted by atomic mass is 16.4. The van der Waals surface area contributed by atoms with Crippen molar-refractivity contribution in [3.05, 3.63) is 5.89 Å². The predicted octanol–water partition coefficient (Wildman–Crippen LogP) is 2.98. The first kappa shape index (κ1) is 16.0. The lowest BCUT2D eigenvalue weighted by Gasteiger charge is -2.19. The summed E-state index contributed by atoms with van der Waals surface area (Å²) in [5, 5.41) is 11.5. The molecule has 0 spiro atoms. The van der Waals surface area contributed by atoms with Gasteiger partial charge in [0.25, 0.3) is 0 Å². The third-order valence-electron chi connectivity index (χ3n) is 2.99. The van der Waals surface area contributed by atoms with E-state index in [0.717, 1.165) is 38.9 Å². The van der Waals surface area contributed by atoms with Gasteiger partial charge in [-0.2, -0.15) is 0 Å². The van der Waals surface area contributed by atoms with Crippen molar-refractivity contribution in [1.29, 1.82) is 0 Å². The molecule has 0 atom stereocenters. The van der Waals surface area contributed by atoms with Crippen molar-refractivity contribution in [2.45, 2.75) is 59.4 Å². The first-order valence-corrected chi connectivity index (χ1v) is 7.59. The summed E-state index contributed by atoms with van der Waals surface area (Å²) in [5.41, 5.74) is 0. The van der Waals surface area contributed by atoms with Crippen LogP contribution in [0.4, 0.5) is 6.01 Å². The molecule has 0 aliphatic rings. The quantitative estimate of drug-likeness (QED) is 0.625. The van der Waals surface area contributed by atoms with Crippen molar-refractivity contribution in [3.8, 4) is 0 Å². The molecule has 5 heteroatoms. The van der Waals surface area contributed by atoms with Gasteiger partial charge in [-0.15, -0.1) is 5.10 Å². The lowest BCUT2D eigenvalue weighted by atomic mass is 10.3. The molecule has 0 saturated carbocycles. The van der Waals surface area contributed by atoms with Crippen LogP contribution in [-0.2, 0) is 6.54 Å². The van der Waals surface area contributed by atoms with Gasteiger partial charge in [-0.25, -0.2) is 0 Å². The van der Waals surface area contributed by atoms with Gasteiger partial charge < -0.3 is 14.6 Å². The van der Waals surface area contributed by atoms with Crippen LogP contribution in [0.15, 0.2) is 4.42 Å². The number of nitrogens with one attached hydrogen (secondary N) is 1. The van der Waals surface area contributed by atoms with Gasteiger partial charge in [-0.1, -0.05) is 38.7 Å². The van der Waals surface area contributed by atoms with Crippen LogP contribution in [0.5, 0.6) is 0 Å². The van der Waals surface area contributed by atoms with Crippen molar-refractivity contribution in [1.82, 2.24) is 15.5 Å². The summed E-state index contributed by atoms with van der Waals surface area (Å²) in [5.74, 6) is 0.682. The minimum atomic E-state index is 0.663. The molecule has 1 aromatic rings. The lowest BCUT2D eigenvalue weighted by Crippen LogP contribution is -2.25. The van der Waals surface area contributed by atoms with Gasteiger partial charge >= 0.3 is 6.01 Å². The topological polar surface area (TPSA) is 54.2 Å². The molecule has 19 heavy (non-hydrogen) atoms. The summed E-state index contributed by atoms with van der Waals surface area (Å²) in [6.45, 7) is 10.2. The van der Waals surface area contributed by atoms with E-state index in [1.165, 1.54) is 12.8 Å². The minimum absolute atomic E-state index is 0.663. The first-order chi connectivity index (χ1) is 9.31. The lowest BCUT2D eigenvalue weighted by molar-refractivity contribution is 0.457. The van der Waals surface area contributed by atoms with Crippen LogP contribution in [0.25, 0.3) is 0 Å². The Kier molecular flexibility index (Phi) is 8.21. The smallest absolute Gasteiger partial charge is 0.318 e. The van der Waals surface area contributed by atoms with Gasteiger partial charge in [0.05, 0.1) is 6.54 Å². The summed E-state index contributed by atoms with van der Waals surface area (Å²) < 4.78 is 5.73. The van der Waals surface area contributed by atoms with Crippen LogP contribution in [0.2, 0.25) is 0 Å². The van der Waals surface area contributed by atoms with E-state index in [2.05, 4.69) is 41.2 Å². The standard InChI is InChI=1S/C14H28N4O/c1-4-7-10-18(11-8-5-2)14-17-16-13(19-14)12-15-9-6-3/h15H,4-12H2,1-3H3. The van der Waals surface area contributed by atoms with E-state index < -0.39 is 0 Å². The molecule has 1 heterocycles. The van der Waals surface area contributed by atoms with Crippen molar-refractivity contribution in [2.75, 3.05) is 24.5 Å². The molecule has 0 fully saturated rings. The number of aromatic nitrogens is 2. The number of hydrogen-bond donors (Lipinski definition) is 1. The molecule has 0 aromatic carbocycles. The highest BCUT2D eigenvalue weighted by Gasteiger charge is 2.13. The Morgan fingerprint density at radius 3 is 2.26 bits per heavy atom.